The van der Waals surface area contributed by atoms with E-state index < -0.39 is 0 Å². The van der Waals surface area contributed by atoms with E-state index in [2.05, 4.69) is 5.16 Å². The average molecular weight is 174 g/mol. The molecule has 66 valence electrons. The average Bonchev–Trinajstić information content (AvgIpc) is 2.48. The van der Waals surface area contributed by atoms with Gasteiger partial charge in [-0.3, -0.25) is 0 Å². The van der Waals surface area contributed by atoms with E-state index in [4.69, 9.17) is 10.3 Å². The Balaban J connectivity index is 2.59. The number of nitrogens with zero attached hydrogens (tertiary/aromatic N) is 1. The number of benzene rings is 1. The molecule has 0 spiro atoms. The molecule has 1 aromatic heterocycles. The summed E-state index contributed by atoms with van der Waals surface area (Å²) >= 11 is 0. The monoisotopic (exact) mass is 174 g/mol. The van der Waals surface area contributed by atoms with E-state index in [9.17, 15) is 0 Å². The molecule has 0 unspecified atom stereocenters. The second-order valence-electron chi connectivity index (χ2n) is 2.87. The van der Waals surface area contributed by atoms with Gasteiger partial charge in [0, 0.05) is 0 Å². The molecule has 0 amide bonds. The summed E-state index contributed by atoms with van der Waals surface area (Å²) in [4.78, 5) is 0. The molecule has 3 nitrogen and oxygen atoms in total. The zero-order valence-electron chi connectivity index (χ0n) is 7.32. The Labute approximate surface area is 76.2 Å². The number of aryl methyl sites for hydroxylation is 1. The largest absolute Gasteiger partial charge is 0.380 e. The molecule has 0 aliphatic heterocycles. The standard InChI is InChI=1S/C10H10N2O/c1-7-9(10(11)12-13-7)8-5-3-2-4-6-8/h2-6H,1H3,(H2,11,12). The van der Waals surface area contributed by atoms with Crippen molar-refractivity contribution in [2.24, 2.45) is 0 Å². The highest BCUT2D eigenvalue weighted by Crippen LogP contribution is 2.28. The number of rotatable bonds is 1. The maximum Gasteiger partial charge on any atom is 0.175 e. The predicted molar refractivity (Wildman–Crippen MR) is 51.1 cm³/mol. The van der Waals surface area contributed by atoms with Crippen LogP contribution < -0.4 is 5.73 Å². The minimum absolute atomic E-state index is 0.448. The minimum Gasteiger partial charge on any atom is -0.380 e. The lowest BCUT2D eigenvalue weighted by Gasteiger charge is -1.97. The minimum atomic E-state index is 0.448. The Bertz CT molecular complexity index is 387. The Hall–Kier alpha value is -1.77. The topological polar surface area (TPSA) is 52.0 Å². The third-order valence-electron chi connectivity index (χ3n) is 1.95. The molecule has 1 aromatic carbocycles. The van der Waals surface area contributed by atoms with E-state index in [1.807, 2.05) is 37.3 Å². The molecule has 1 heterocycles. The van der Waals surface area contributed by atoms with Gasteiger partial charge in [-0.2, -0.15) is 0 Å². The first-order valence-electron chi connectivity index (χ1n) is 4.06. The molecule has 0 aliphatic carbocycles. The van der Waals surface area contributed by atoms with Crippen LogP contribution in [0.2, 0.25) is 0 Å². The highest BCUT2D eigenvalue weighted by atomic mass is 16.5. The van der Waals surface area contributed by atoms with E-state index in [1.165, 1.54) is 0 Å². The number of anilines is 1. The maximum atomic E-state index is 5.67. The van der Waals surface area contributed by atoms with Gasteiger partial charge in [0.25, 0.3) is 0 Å². The number of aromatic nitrogens is 1. The van der Waals surface area contributed by atoms with Crippen LogP contribution in [0, 0.1) is 6.92 Å². The van der Waals surface area contributed by atoms with Gasteiger partial charge in [0.1, 0.15) is 5.76 Å². The van der Waals surface area contributed by atoms with Crippen LogP contribution in [0.1, 0.15) is 5.76 Å². The lowest BCUT2D eigenvalue weighted by molar-refractivity contribution is 0.401. The highest BCUT2D eigenvalue weighted by Gasteiger charge is 2.10. The van der Waals surface area contributed by atoms with Gasteiger partial charge in [-0.05, 0) is 12.5 Å². The van der Waals surface area contributed by atoms with Crippen molar-refractivity contribution in [3.8, 4) is 11.1 Å². The zero-order valence-corrected chi connectivity index (χ0v) is 7.32. The van der Waals surface area contributed by atoms with Crippen molar-refractivity contribution in [1.29, 1.82) is 0 Å². The van der Waals surface area contributed by atoms with Crippen LogP contribution in [-0.4, -0.2) is 5.16 Å². The first-order chi connectivity index (χ1) is 6.29. The normalized spacial score (nSPS) is 10.2. The fourth-order valence-electron chi connectivity index (χ4n) is 1.35. The maximum absolute atomic E-state index is 5.67. The van der Waals surface area contributed by atoms with E-state index in [0.29, 0.717) is 5.82 Å². The molecular formula is C10H10N2O. The summed E-state index contributed by atoms with van der Waals surface area (Å²) in [6.45, 7) is 1.85. The predicted octanol–water partition coefficient (Wildman–Crippen LogP) is 2.23. The van der Waals surface area contributed by atoms with Gasteiger partial charge in [-0.15, -0.1) is 0 Å². The number of hydrogen-bond acceptors (Lipinski definition) is 3. The Morgan fingerprint density at radius 2 is 1.92 bits per heavy atom. The quantitative estimate of drug-likeness (QED) is 0.721. The molecule has 0 bridgehead atoms. The van der Waals surface area contributed by atoms with Crippen molar-refractivity contribution in [1.82, 2.24) is 5.16 Å². The molecule has 2 aromatic rings. The fraction of sp³-hybridized carbons (Fsp3) is 0.100. The second kappa shape index (κ2) is 2.94. The third-order valence-corrected chi connectivity index (χ3v) is 1.95. The van der Waals surface area contributed by atoms with E-state index in [-0.39, 0.29) is 0 Å². The lowest BCUT2D eigenvalue weighted by Crippen LogP contribution is -1.87. The van der Waals surface area contributed by atoms with Gasteiger partial charge in [-0.25, -0.2) is 0 Å². The molecule has 2 rings (SSSR count). The summed E-state index contributed by atoms with van der Waals surface area (Å²) in [7, 11) is 0. The van der Waals surface area contributed by atoms with Crippen molar-refractivity contribution in [3.63, 3.8) is 0 Å². The molecule has 0 atom stereocenters. The molecule has 0 saturated carbocycles. The third kappa shape index (κ3) is 1.28. The zero-order chi connectivity index (χ0) is 9.26. The highest BCUT2D eigenvalue weighted by molar-refractivity contribution is 5.74. The molecule has 0 saturated heterocycles. The van der Waals surface area contributed by atoms with E-state index >= 15 is 0 Å². The summed E-state index contributed by atoms with van der Waals surface area (Å²) in [6, 6.07) is 9.84. The Morgan fingerprint density at radius 1 is 1.23 bits per heavy atom. The summed E-state index contributed by atoms with van der Waals surface area (Å²) in [5.74, 6) is 1.20. The van der Waals surface area contributed by atoms with Crippen molar-refractivity contribution in [2.75, 3.05) is 5.73 Å². The van der Waals surface area contributed by atoms with Crippen LogP contribution in [0.4, 0.5) is 5.82 Å². The van der Waals surface area contributed by atoms with Crippen LogP contribution in [0.15, 0.2) is 34.9 Å². The van der Waals surface area contributed by atoms with E-state index in [0.717, 1.165) is 16.9 Å². The van der Waals surface area contributed by atoms with Gasteiger partial charge in [-0.1, -0.05) is 35.5 Å². The number of nitrogens with two attached hydrogens (primary N) is 1. The van der Waals surface area contributed by atoms with Gasteiger partial charge in [0.05, 0.1) is 5.56 Å². The molecular weight excluding hydrogens is 164 g/mol. The SMILES string of the molecule is Cc1onc(N)c1-c1ccccc1. The Morgan fingerprint density at radius 3 is 2.46 bits per heavy atom. The van der Waals surface area contributed by atoms with Crippen LogP contribution in [0.3, 0.4) is 0 Å². The molecule has 3 heteroatoms. The Kier molecular flexibility index (Phi) is 1.77. The summed E-state index contributed by atoms with van der Waals surface area (Å²) in [6.07, 6.45) is 0. The molecule has 13 heavy (non-hydrogen) atoms. The molecule has 0 fully saturated rings. The molecule has 2 N–H and O–H groups in total. The van der Waals surface area contributed by atoms with Gasteiger partial charge in [0.15, 0.2) is 5.82 Å². The lowest BCUT2D eigenvalue weighted by atomic mass is 10.1. The van der Waals surface area contributed by atoms with Crippen LogP contribution >= 0.6 is 0 Å². The fourth-order valence-corrected chi connectivity index (χ4v) is 1.35. The second-order valence-corrected chi connectivity index (χ2v) is 2.87. The number of hydrogen-bond donors (Lipinski definition) is 1. The molecule has 0 radical (unpaired) electrons. The van der Waals surface area contributed by atoms with Crippen molar-refractivity contribution >= 4 is 5.82 Å². The first-order valence-corrected chi connectivity index (χ1v) is 4.06. The van der Waals surface area contributed by atoms with Crippen LogP contribution in [-0.2, 0) is 0 Å². The van der Waals surface area contributed by atoms with Crippen LogP contribution in [0.5, 0.6) is 0 Å². The van der Waals surface area contributed by atoms with E-state index in [1.54, 1.807) is 0 Å². The van der Waals surface area contributed by atoms with Gasteiger partial charge < -0.3 is 10.3 Å². The van der Waals surface area contributed by atoms with Gasteiger partial charge in [0.2, 0.25) is 0 Å². The van der Waals surface area contributed by atoms with Crippen LogP contribution in [0.25, 0.3) is 11.1 Å². The first kappa shape index (κ1) is 7.86. The smallest absolute Gasteiger partial charge is 0.175 e. The van der Waals surface area contributed by atoms with Crippen molar-refractivity contribution in [2.45, 2.75) is 6.92 Å². The molecule has 0 aliphatic rings. The summed E-state index contributed by atoms with van der Waals surface area (Å²) < 4.78 is 4.97. The summed E-state index contributed by atoms with van der Waals surface area (Å²) in [5, 5.41) is 3.70. The number of nitrogen functional groups attached to an aromatic ring is 1. The summed E-state index contributed by atoms with van der Waals surface area (Å²) in [5.41, 5.74) is 7.60. The van der Waals surface area contributed by atoms with Crippen molar-refractivity contribution in [3.05, 3.63) is 36.1 Å². The van der Waals surface area contributed by atoms with Crippen molar-refractivity contribution < 1.29 is 4.52 Å². The van der Waals surface area contributed by atoms with Gasteiger partial charge >= 0.3 is 0 Å².